The minimum Gasteiger partial charge on any atom is -0.510 e. The molecule has 2 rings (SSSR count). The van der Waals surface area contributed by atoms with E-state index in [1.54, 1.807) is 0 Å². The van der Waals surface area contributed by atoms with E-state index in [-0.39, 0.29) is 37.7 Å². The van der Waals surface area contributed by atoms with Crippen LogP contribution in [0.3, 0.4) is 0 Å². The number of allylic oxidation sites excluding steroid dienone is 2. The molecule has 0 bridgehead atoms. The van der Waals surface area contributed by atoms with Crippen molar-refractivity contribution in [1.82, 2.24) is 0 Å². The normalized spacial score (nSPS) is 18.6. The Kier molecular flexibility index (Phi) is 4.61. The minimum atomic E-state index is -0.271. The number of hydrogen-bond donors (Lipinski definition) is 1. The maximum absolute atomic E-state index is 12.0. The Bertz CT molecular complexity index is 643. The number of rotatable bonds is 2. The molecule has 0 saturated heterocycles. The van der Waals surface area contributed by atoms with Gasteiger partial charge in [-0.25, -0.2) is 0 Å². The molecular weight excluding hydrogens is 335 g/mol. The van der Waals surface area contributed by atoms with E-state index >= 15 is 0 Å². The van der Waals surface area contributed by atoms with Gasteiger partial charge in [-0.1, -0.05) is 48.7 Å². The van der Waals surface area contributed by atoms with Crippen LogP contribution in [0.25, 0.3) is 0 Å². The molecule has 0 aliphatic heterocycles. The van der Waals surface area contributed by atoms with Crippen LogP contribution in [0.5, 0.6) is 0 Å². The number of ketones is 1. The van der Waals surface area contributed by atoms with Crippen molar-refractivity contribution in [2.45, 2.75) is 26.7 Å². The fourth-order valence-corrected chi connectivity index (χ4v) is 2.68. The molecule has 112 valence electrons. The van der Waals surface area contributed by atoms with Gasteiger partial charge in [-0.15, -0.1) is 5.11 Å². The highest BCUT2D eigenvalue weighted by Gasteiger charge is 2.33. The Hall–Kier alpha value is -1.10. The summed E-state index contributed by atoms with van der Waals surface area (Å²) in [6.45, 7) is 3.82. The Labute approximate surface area is 137 Å². The molecule has 1 aliphatic rings. The van der Waals surface area contributed by atoms with Gasteiger partial charge < -0.3 is 5.11 Å². The number of carbonyl (C=O) groups excluding carboxylic acids is 1. The Morgan fingerprint density at radius 2 is 1.67 bits per heavy atom. The molecule has 4 nitrogen and oxygen atoms in total. The summed E-state index contributed by atoms with van der Waals surface area (Å²) in [5.74, 6) is -0.287. The van der Waals surface area contributed by atoms with E-state index in [0.29, 0.717) is 18.5 Å². The minimum absolute atomic E-state index is 0.0171. The van der Waals surface area contributed by atoms with Crippen molar-refractivity contribution in [1.29, 1.82) is 0 Å². The third kappa shape index (κ3) is 3.76. The summed E-state index contributed by atoms with van der Waals surface area (Å²) >= 11 is 17.6. The summed E-state index contributed by atoms with van der Waals surface area (Å²) < 4.78 is 0. The van der Waals surface area contributed by atoms with E-state index in [1.165, 1.54) is 12.1 Å². The van der Waals surface area contributed by atoms with Crippen molar-refractivity contribution in [3.8, 4) is 0 Å². The number of aliphatic hydroxyl groups is 1. The number of benzene rings is 1. The molecular formula is C14H13Cl3N2O2. The molecule has 0 spiro atoms. The topological polar surface area (TPSA) is 62.0 Å². The second-order valence-corrected chi connectivity index (χ2v) is 6.85. The van der Waals surface area contributed by atoms with Crippen LogP contribution in [0, 0.1) is 5.41 Å². The van der Waals surface area contributed by atoms with Gasteiger partial charge in [0.1, 0.15) is 5.76 Å². The highest BCUT2D eigenvalue weighted by atomic mass is 35.5. The summed E-state index contributed by atoms with van der Waals surface area (Å²) in [5.41, 5.74) is 0.0661. The van der Waals surface area contributed by atoms with Crippen LogP contribution in [-0.4, -0.2) is 10.9 Å². The number of halogens is 3. The summed E-state index contributed by atoms with van der Waals surface area (Å²) in [5, 5.41) is 18.4. The molecule has 0 atom stereocenters. The Morgan fingerprint density at radius 3 is 2.19 bits per heavy atom. The summed E-state index contributed by atoms with van der Waals surface area (Å²) in [6, 6.07) is 2.96. The standard InChI is InChI=1S/C14H13Cl3N2O2/c1-14(2)5-10(20)13(11(21)6-14)19-18-7-3-8(15)12(17)9(16)4-7/h3-4,20H,5-6H2,1-2H3. The van der Waals surface area contributed by atoms with Gasteiger partial charge in [-0.05, 0) is 17.5 Å². The zero-order chi connectivity index (χ0) is 15.8. The first-order valence-electron chi connectivity index (χ1n) is 6.21. The first-order chi connectivity index (χ1) is 9.69. The fraction of sp³-hybridized carbons (Fsp3) is 0.357. The second-order valence-electron chi connectivity index (χ2n) is 5.66. The molecule has 21 heavy (non-hydrogen) atoms. The third-order valence-electron chi connectivity index (χ3n) is 3.06. The van der Waals surface area contributed by atoms with Crippen molar-refractivity contribution in [3.05, 3.63) is 38.7 Å². The van der Waals surface area contributed by atoms with Gasteiger partial charge in [-0.2, -0.15) is 5.11 Å². The second kappa shape index (κ2) is 5.95. The number of azo groups is 1. The van der Waals surface area contributed by atoms with E-state index in [9.17, 15) is 9.90 Å². The smallest absolute Gasteiger partial charge is 0.187 e. The van der Waals surface area contributed by atoms with Crippen LogP contribution in [0.4, 0.5) is 5.69 Å². The lowest BCUT2D eigenvalue weighted by atomic mass is 9.78. The number of aliphatic hydroxyl groups excluding tert-OH is 1. The molecule has 1 aromatic rings. The number of carbonyl (C=O) groups is 1. The van der Waals surface area contributed by atoms with Gasteiger partial charge >= 0.3 is 0 Å². The molecule has 0 saturated carbocycles. The van der Waals surface area contributed by atoms with Crippen molar-refractivity contribution in [3.63, 3.8) is 0 Å². The van der Waals surface area contributed by atoms with Gasteiger partial charge in [0.05, 0.1) is 20.8 Å². The fourth-order valence-electron chi connectivity index (χ4n) is 2.10. The molecule has 1 N–H and O–H groups in total. The van der Waals surface area contributed by atoms with Crippen molar-refractivity contribution < 1.29 is 9.90 Å². The third-order valence-corrected chi connectivity index (χ3v) is 4.25. The van der Waals surface area contributed by atoms with Crippen LogP contribution < -0.4 is 0 Å². The Balaban J connectivity index is 2.31. The molecule has 7 heteroatoms. The van der Waals surface area contributed by atoms with Crippen molar-refractivity contribution in [2.75, 3.05) is 0 Å². The van der Waals surface area contributed by atoms with E-state index in [0.717, 1.165) is 0 Å². The average Bonchev–Trinajstić information content (AvgIpc) is 2.33. The van der Waals surface area contributed by atoms with E-state index in [2.05, 4.69) is 10.2 Å². The number of hydrogen-bond acceptors (Lipinski definition) is 4. The summed E-state index contributed by atoms with van der Waals surface area (Å²) in [6.07, 6.45) is 0.697. The van der Waals surface area contributed by atoms with Crippen molar-refractivity contribution in [2.24, 2.45) is 15.6 Å². The molecule has 1 aromatic carbocycles. The predicted molar refractivity (Wildman–Crippen MR) is 83.7 cm³/mol. The Morgan fingerprint density at radius 1 is 1.10 bits per heavy atom. The lowest BCUT2D eigenvalue weighted by molar-refractivity contribution is -0.118. The first-order valence-corrected chi connectivity index (χ1v) is 7.34. The molecule has 0 fully saturated rings. The predicted octanol–water partition coefficient (Wildman–Crippen LogP) is 5.89. The molecule has 0 aromatic heterocycles. The molecule has 1 aliphatic carbocycles. The molecule has 0 amide bonds. The quantitative estimate of drug-likeness (QED) is 0.535. The molecule has 0 radical (unpaired) electrons. The zero-order valence-corrected chi connectivity index (χ0v) is 13.7. The van der Waals surface area contributed by atoms with Crippen LogP contribution in [0.15, 0.2) is 33.8 Å². The van der Waals surface area contributed by atoms with E-state index < -0.39 is 0 Å². The maximum atomic E-state index is 12.0. The van der Waals surface area contributed by atoms with Gasteiger partial charge in [0, 0.05) is 12.8 Å². The number of nitrogens with zero attached hydrogens (tertiary/aromatic N) is 2. The SMILES string of the molecule is CC1(C)CC(=O)C(N=Nc2cc(Cl)c(Cl)c(Cl)c2)=C(O)C1. The van der Waals surface area contributed by atoms with E-state index in [1.807, 2.05) is 13.8 Å². The largest absolute Gasteiger partial charge is 0.510 e. The van der Waals surface area contributed by atoms with Crippen LogP contribution in [0.2, 0.25) is 15.1 Å². The highest BCUT2D eigenvalue weighted by molar-refractivity contribution is 6.48. The monoisotopic (exact) mass is 346 g/mol. The van der Waals surface area contributed by atoms with Crippen LogP contribution in [-0.2, 0) is 4.79 Å². The molecule has 0 heterocycles. The zero-order valence-electron chi connectivity index (χ0n) is 11.5. The van der Waals surface area contributed by atoms with Crippen LogP contribution in [0.1, 0.15) is 26.7 Å². The first kappa shape index (κ1) is 16.3. The van der Waals surface area contributed by atoms with Gasteiger partial charge in [0.2, 0.25) is 0 Å². The summed E-state index contributed by atoms with van der Waals surface area (Å²) in [7, 11) is 0. The van der Waals surface area contributed by atoms with Crippen molar-refractivity contribution >= 4 is 46.3 Å². The summed E-state index contributed by atoms with van der Waals surface area (Å²) in [4.78, 5) is 12.0. The lowest BCUT2D eigenvalue weighted by Gasteiger charge is -2.27. The van der Waals surface area contributed by atoms with E-state index in [4.69, 9.17) is 34.8 Å². The molecule has 0 unspecified atom stereocenters. The lowest BCUT2D eigenvalue weighted by Crippen LogP contribution is -2.25. The van der Waals surface area contributed by atoms with Crippen LogP contribution >= 0.6 is 34.8 Å². The highest BCUT2D eigenvalue weighted by Crippen LogP contribution is 2.37. The van der Waals surface area contributed by atoms with Gasteiger partial charge in [0.15, 0.2) is 11.5 Å². The maximum Gasteiger partial charge on any atom is 0.187 e. The van der Waals surface area contributed by atoms with Gasteiger partial charge in [-0.3, -0.25) is 4.79 Å². The van der Waals surface area contributed by atoms with Gasteiger partial charge in [0.25, 0.3) is 0 Å². The average molecular weight is 348 g/mol. The number of Topliss-reactive ketones (excluding diaryl/α,β-unsaturated/α-hetero) is 1.